The highest BCUT2D eigenvalue weighted by Gasteiger charge is 2.19. The predicted octanol–water partition coefficient (Wildman–Crippen LogP) is 0.733. The zero-order chi connectivity index (χ0) is 12.7. The van der Waals surface area contributed by atoms with E-state index in [9.17, 15) is 13.2 Å². The molecular formula is C10H19NO5S. The van der Waals surface area contributed by atoms with Gasteiger partial charge in [-0.05, 0) is 19.3 Å². The molecule has 1 saturated carbocycles. The molecule has 0 heterocycles. The van der Waals surface area contributed by atoms with Gasteiger partial charge in [0, 0.05) is 6.42 Å². The Kier molecular flexibility index (Phi) is 5.87. The van der Waals surface area contributed by atoms with Crippen LogP contribution in [0.5, 0.6) is 0 Å². The Morgan fingerprint density at radius 2 is 2.00 bits per heavy atom. The highest BCUT2D eigenvalue weighted by atomic mass is 32.2. The molecule has 6 nitrogen and oxygen atoms in total. The minimum atomic E-state index is -3.45. The van der Waals surface area contributed by atoms with Gasteiger partial charge in [-0.3, -0.25) is 9.63 Å². The molecule has 1 rings (SSSR count). The van der Waals surface area contributed by atoms with Gasteiger partial charge in [0.15, 0.2) is 0 Å². The van der Waals surface area contributed by atoms with E-state index < -0.39 is 16.0 Å². The summed E-state index contributed by atoms with van der Waals surface area (Å²) in [6, 6.07) is 0. The third-order valence-corrected chi connectivity index (χ3v) is 3.84. The molecule has 0 amide bonds. The van der Waals surface area contributed by atoms with E-state index in [0.29, 0.717) is 0 Å². The van der Waals surface area contributed by atoms with Crippen LogP contribution in [0.2, 0.25) is 0 Å². The zero-order valence-corrected chi connectivity index (χ0v) is 10.8. The molecule has 0 aromatic carbocycles. The van der Waals surface area contributed by atoms with E-state index in [2.05, 4.69) is 9.62 Å². The minimum absolute atomic E-state index is 0.00891. The van der Waals surface area contributed by atoms with Crippen molar-refractivity contribution in [2.24, 2.45) is 0 Å². The quantitative estimate of drug-likeness (QED) is 0.542. The third-order valence-electron chi connectivity index (χ3n) is 2.67. The lowest BCUT2D eigenvalue weighted by Gasteiger charge is -2.11. The monoisotopic (exact) mass is 265 g/mol. The van der Waals surface area contributed by atoms with Gasteiger partial charge in [-0.2, -0.15) is 0 Å². The van der Waals surface area contributed by atoms with Gasteiger partial charge < -0.3 is 4.74 Å². The number of hydrogen-bond donors (Lipinski definition) is 1. The molecule has 1 aliphatic carbocycles. The lowest BCUT2D eigenvalue weighted by Crippen LogP contribution is -2.30. The van der Waals surface area contributed by atoms with Gasteiger partial charge in [-0.1, -0.05) is 17.7 Å². The SMILES string of the molecule is COC(=O)CCCS(=O)(=O)NOC1CCCC1. The van der Waals surface area contributed by atoms with Gasteiger partial charge >= 0.3 is 5.97 Å². The van der Waals surface area contributed by atoms with Crippen LogP contribution in [-0.2, 0) is 24.4 Å². The van der Waals surface area contributed by atoms with Crippen LogP contribution in [0, 0.1) is 0 Å². The van der Waals surface area contributed by atoms with Gasteiger partial charge in [0.05, 0.1) is 19.0 Å². The van der Waals surface area contributed by atoms with E-state index in [4.69, 9.17) is 4.84 Å². The number of carbonyl (C=O) groups excluding carboxylic acids is 1. The van der Waals surface area contributed by atoms with Gasteiger partial charge in [-0.25, -0.2) is 8.42 Å². The number of esters is 1. The fourth-order valence-electron chi connectivity index (χ4n) is 1.70. The maximum atomic E-state index is 11.5. The summed E-state index contributed by atoms with van der Waals surface area (Å²) in [7, 11) is -2.18. The Morgan fingerprint density at radius 1 is 1.35 bits per heavy atom. The molecule has 0 atom stereocenters. The smallest absolute Gasteiger partial charge is 0.305 e. The lowest BCUT2D eigenvalue weighted by atomic mass is 10.3. The predicted molar refractivity (Wildman–Crippen MR) is 61.5 cm³/mol. The van der Waals surface area contributed by atoms with E-state index in [0.717, 1.165) is 25.7 Å². The molecule has 0 radical (unpaired) electrons. The Labute approximate surface area is 102 Å². The van der Waals surface area contributed by atoms with Crippen LogP contribution in [0.4, 0.5) is 0 Å². The van der Waals surface area contributed by atoms with Crippen LogP contribution in [-0.4, -0.2) is 33.4 Å². The van der Waals surface area contributed by atoms with Crippen molar-refractivity contribution in [1.29, 1.82) is 0 Å². The Morgan fingerprint density at radius 3 is 2.59 bits per heavy atom. The van der Waals surface area contributed by atoms with Crippen LogP contribution in [0.15, 0.2) is 0 Å². The molecule has 0 spiro atoms. The number of ether oxygens (including phenoxy) is 1. The normalized spacial score (nSPS) is 17.2. The van der Waals surface area contributed by atoms with Crippen molar-refractivity contribution < 1.29 is 22.8 Å². The molecule has 17 heavy (non-hydrogen) atoms. The highest BCUT2D eigenvalue weighted by molar-refractivity contribution is 7.89. The minimum Gasteiger partial charge on any atom is -0.469 e. The second-order valence-electron chi connectivity index (χ2n) is 4.11. The number of methoxy groups -OCH3 is 1. The summed E-state index contributed by atoms with van der Waals surface area (Å²) in [5.41, 5.74) is 0. The highest BCUT2D eigenvalue weighted by Crippen LogP contribution is 2.20. The first-order valence-electron chi connectivity index (χ1n) is 5.75. The van der Waals surface area contributed by atoms with Crippen molar-refractivity contribution in [2.45, 2.75) is 44.6 Å². The summed E-state index contributed by atoms with van der Waals surface area (Å²) >= 11 is 0. The first-order valence-corrected chi connectivity index (χ1v) is 7.40. The summed E-state index contributed by atoms with van der Waals surface area (Å²) in [5.74, 6) is -0.536. The maximum absolute atomic E-state index is 11.5. The molecule has 0 aromatic heterocycles. The summed E-state index contributed by atoms with van der Waals surface area (Å²) in [6.07, 6.45) is 4.26. The van der Waals surface area contributed by atoms with Crippen LogP contribution in [0.25, 0.3) is 0 Å². The summed E-state index contributed by atoms with van der Waals surface area (Å²) in [4.78, 5) is 18.0. The summed E-state index contributed by atoms with van der Waals surface area (Å²) in [6.45, 7) is 0. The Balaban J connectivity index is 2.18. The second-order valence-corrected chi connectivity index (χ2v) is 5.91. The zero-order valence-electron chi connectivity index (χ0n) is 9.98. The van der Waals surface area contributed by atoms with E-state index in [1.807, 2.05) is 0 Å². The van der Waals surface area contributed by atoms with Crippen LogP contribution in [0.3, 0.4) is 0 Å². The first-order chi connectivity index (χ1) is 8.03. The average Bonchev–Trinajstić information content (AvgIpc) is 2.79. The van der Waals surface area contributed by atoms with Crippen molar-refractivity contribution in [2.75, 3.05) is 12.9 Å². The Hall–Kier alpha value is -0.660. The number of nitrogens with one attached hydrogen (secondary N) is 1. The molecule has 7 heteroatoms. The van der Waals surface area contributed by atoms with Crippen molar-refractivity contribution in [3.8, 4) is 0 Å². The van der Waals surface area contributed by atoms with E-state index in [-0.39, 0.29) is 24.7 Å². The molecule has 0 aromatic rings. The van der Waals surface area contributed by atoms with Gasteiger partial charge in [0.1, 0.15) is 0 Å². The van der Waals surface area contributed by atoms with Gasteiger partial charge in [0.25, 0.3) is 0 Å². The number of carbonyl (C=O) groups is 1. The fourth-order valence-corrected chi connectivity index (χ4v) is 2.59. The van der Waals surface area contributed by atoms with Crippen molar-refractivity contribution in [1.82, 2.24) is 4.89 Å². The van der Waals surface area contributed by atoms with Crippen molar-refractivity contribution in [3.63, 3.8) is 0 Å². The summed E-state index contributed by atoms with van der Waals surface area (Å²) < 4.78 is 27.4. The summed E-state index contributed by atoms with van der Waals surface area (Å²) in [5, 5.41) is 0. The van der Waals surface area contributed by atoms with Crippen molar-refractivity contribution in [3.05, 3.63) is 0 Å². The molecule has 0 saturated heterocycles. The molecule has 0 bridgehead atoms. The number of hydrogen-bond acceptors (Lipinski definition) is 5. The number of sulfonamides is 1. The first kappa shape index (κ1) is 14.4. The molecule has 1 fully saturated rings. The largest absolute Gasteiger partial charge is 0.469 e. The molecule has 1 aliphatic rings. The van der Waals surface area contributed by atoms with Crippen LogP contribution >= 0.6 is 0 Å². The fraction of sp³-hybridized carbons (Fsp3) is 0.900. The van der Waals surface area contributed by atoms with Crippen LogP contribution < -0.4 is 4.89 Å². The molecule has 100 valence electrons. The molecule has 1 N–H and O–H groups in total. The topological polar surface area (TPSA) is 81.7 Å². The maximum Gasteiger partial charge on any atom is 0.305 e. The van der Waals surface area contributed by atoms with Crippen molar-refractivity contribution >= 4 is 16.0 Å². The lowest BCUT2D eigenvalue weighted by molar-refractivity contribution is -0.140. The number of rotatable bonds is 7. The standard InChI is InChI=1S/C10H19NO5S/c1-15-10(12)7-4-8-17(13,14)11-16-9-5-2-3-6-9/h9,11H,2-8H2,1H3. The van der Waals surface area contributed by atoms with Gasteiger partial charge in [0.2, 0.25) is 10.0 Å². The van der Waals surface area contributed by atoms with E-state index in [1.54, 1.807) is 0 Å². The molecule has 0 aliphatic heterocycles. The average molecular weight is 265 g/mol. The van der Waals surface area contributed by atoms with Crippen LogP contribution in [0.1, 0.15) is 38.5 Å². The second kappa shape index (κ2) is 6.93. The van der Waals surface area contributed by atoms with E-state index >= 15 is 0 Å². The van der Waals surface area contributed by atoms with E-state index in [1.165, 1.54) is 7.11 Å². The molecule has 0 unspecified atom stereocenters. The third kappa shape index (κ3) is 5.99. The van der Waals surface area contributed by atoms with Gasteiger partial charge in [-0.15, -0.1) is 0 Å². The molecular weight excluding hydrogens is 246 g/mol. The Bertz CT molecular complexity index is 335.